The number of pyridine rings is 1. The number of carbonyl (C=O) groups is 3. The van der Waals surface area contributed by atoms with E-state index in [-0.39, 0.29) is 29.1 Å². The topological polar surface area (TPSA) is 152 Å². The number of fused-ring (bicyclic) bond motifs is 1. The highest BCUT2D eigenvalue weighted by Crippen LogP contribution is 2.31. The Kier molecular flexibility index (Phi) is 15.2. The lowest BCUT2D eigenvalue weighted by molar-refractivity contribution is -0.119. The minimum absolute atomic E-state index is 0.0248. The van der Waals surface area contributed by atoms with Crippen LogP contribution in [0.2, 0.25) is 0 Å². The molecule has 1 saturated heterocycles. The number of rotatable bonds is 18. The molecule has 2 heterocycles. The van der Waals surface area contributed by atoms with E-state index in [4.69, 9.17) is 4.74 Å². The van der Waals surface area contributed by atoms with Gasteiger partial charge >= 0.3 is 6.09 Å². The number of aliphatic hydroxyl groups is 1. The van der Waals surface area contributed by atoms with E-state index in [2.05, 4.69) is 27.3 Å². The summed E-state index contributed by atoms with van der Waals surface area (Å²) in [5, 5.41) is 24.7. The maximum absolute atomic E-state index is 13.1. The van der Waals surface area contributed by atoms with Crippen LogP contribution in [0.3, 0.4) is 0 Å². The molecule has 0 aliphatic carbocycles. The molecule has 11 nitrogen and oxygen atoms in total. The number of H-pyrrole nitrogens is 1. The second-order valence-corrected chi connectivity index (χ2v) is 16.4. The van der Waals surface area contributed by atoms with Crippen molar-refractivity contribution in [1.82, 2.24) is 9.88 Å². The number of aromatic nitrogens is 1. The van der Waals surface area contributed by atoms with Crippen LogP contribution in [0.4, 0.5) is 16.2 Å². The molecule has 4 N–H and O–H groups in total. The minimum atomic E-state index is -0.744. The fourth-order valence-electron chi connectivity index (χ4n) is 8.29. The van der Waals surface area contributed by atoms with E-state index in [1.54, 1.807) is 24.1 Å². The highest BCUT2D eigenvalue weighted by molar-refractivity contribution is 5.93. The van der Waals surface area contributed by atoms with Crippen LogP contribution in [0.25, 0.3) is 22.0 Å². The van der Waals surface area contributed by atoms with Crippen LogP contribution in [0, 0.1) is 0 Å². The van der Waals surface area contributed by atoms with Gasteiger partial charge in [-0.2, -0.15) is 0 Å². The van der Waals surface area contributed by atoms with E-state index in [9.17, 15) is 29.4 Å². The number of ketones is 1. The maximum Gasteiger partial charge on any atom is 0.411 e. The van der Waals surface area contributed by atoms with E-state index in [1.165, 1.54) is 12.1 Å². The van der Waals surface area contributed by atoms with Gasteiger partial charge in [-0.1, -0.05) is 91.0 Å². The molecular weight excluding hydrogens is 793 g/mol. The Bertz CT molecular complexity index is 2550. The van der Waals surface area contributed by atoms with Crippen LogP contribution >= 0.6 is 0 Å². The molecule has 1 aromatic heterocycles. The number of nitrogens with one attached hydrogen (secondary N) is 2. The molecule has 1 fully saturated rings. The molecule has 0 saturated carbocycles. The Balaban J connectivity index is 0.776. The van der Waals surface area contributed by atoms with Crippen molar-refractivity contribution >= 4 is 40.1 Å². The summed E-state index contributed by atoms with van der Waals surface area (Å²) >= 11 is 0. The number of nitrogens with zero attached hydrogens (tertiary/aromatic N) is 2. The molecule has 7 rings (SSSR count). The predicted octanol–water partition coefficient (Wildman–Crippen LogP) is 9.16. The minimum Gasteiger partial charge on any atom is -0.506 e. The quantitative estimate of drug-likeness (QED) is 0.0669. The van der Waals surface area contributed by atoms with Gasteiger partial charge in [0.15, 0.2) is 0 Å². The number of piperidine rings is 1. The Labute approximate surface area is 368 Å². The largest absolute Gasteiger partial charge is 0.506 e. The predicted molar refractivity (Wildman–Crippen MR) is 248 cm³/mol. The fraction of sp³-hybridized carbons (Fsp3) is 0.308. The Hall–Kier alpha value is -6.56. The first-order valence-electron chi connectivity index (χ1n) is 21.9. The Morgan fingerprint density at radius 1 is 0.794 bits per heavy atom. The van der Waals surface area contributed by atoms with E-state index in [1.807, 2.05) is 91.0 Å². The summed E-state index contributed by atoms with van der Waals surface area (Å²) in [6, 6.07) is 39.9. The molecule has 0 bridgehead atoms. The summed E-state index contributed by atoms with van der Waals surface area (Å²) in [4.78, 5) is 57.2. The number of Topliss-reactive ketones (excluding diaryl/α,β-unsaturated/α-hetero) is 1. The van der Waals surface area contributed by atoms with Crippen molar-refractivity contribution in [3.8, 4) is 16.9 Å². The first-order valence-corrected chi connectivity index (χ1v) is 21.9. The number of aryl methyl sites for hydroxylation is 3. The summed E-state index contributed by atoms with van der Waals surface area (Å²) < 4.78 is 5.78. The van der Waals surface area contributed by atoms with Crippen LogP contribution in [-0.4, -0.2) is 70.7 Å². The van der Waals surface area contributed by atoms with Crippen LogP contribution in [-0.2, 0) is 33.6 Å². The van der Waals surface area contributed by atoms with Gasteiger partial charge in [0.1, 0.15) is 17.6 Å². The molecule has 1 aliphatic rings. The van der Waals surface area contributed by atoms with Gasteiger partial charge in [-0.25, -0.2) is 4.79 Å². The Morgan fingerprint density at radius 3 is 2.25 bits per heavy atom. The summed E-state index contributed by atoms with van der Waals surface area (Å²) in [6.45, 7) is 2.12. The maximum atomic E-state index is 13.1. The van der Waals surface area contributed by atoms with Gasteiger partial charge in [-0.05, 0) is 103 Å². The standard InChI is InChI=1S/C52H56N4O7/c1-55(50(61)31-34-56-32-29-42(30-33-56)63-52(62)53-46-15-6-5-14-43(46)39-12-3-2-4-13-39)40-21-17-36(18-22-40)19-23-41(57)24-20-38-10-7-9-37(35-38)11-8-16-47(58)44-25-27-48(59)51-45(44)26-28-49(60)54-51/h2-7,9-10,12-15,17-18,21-22,25-28,35,42,47,58-59H,8,11,16,19-20,23-24,29-34H2,1H3,(H,53,62)(H,54,60)/t47-/m0/s1. The van der Waals surface area contributed by atoms with Crippen LogP contribution in [0.5, 0.6) is 5.75 Å². The summed E-state index contributed by atoms with van der Waals surface area (Å²) in [5.41, 5.74) is 7.44. The van der Waals surface area contributed by atoms with Crippen LogP contribution in [0.1, 0.15) is 73.3 Å². The van der Waals surface area contributed by atoms with Crippen molar-refractivity contribution in [3.05, 3.63) is 160 Å². The molecule has 5 aromatic carbocycles. The highest BCUT2D eigenvalue weighted by atomic mass is 16.6. The number of carbonyl (C=O) groups excluding carboxylic acids is 3. The molecule has 1 aliphatic heterocycles. The third-order valence-corrected chi connectivity index (χ3v) is 12.0. The van der Waals surface area contributed by atoms with Gasteiger partial charge < -0.3 is 29.7 Å². The molecule has 0 spiro atoms. The van der Waals surface area contributed by atoms with Gasteiger partial charge in [-0.3, -0.25) is 19.7 Å². The second kappa shape index (κ2) is 21.5. The number of phenols is 1. The lowest BCUT2D eigenvalue weighted by atomic mass is 9.96. The first kappa shape index (κ1) is 44.5. The van der Waals surface area contributed by atoms with E-state index >= 15 is 0 Å². The average molecular weight is 849 g/mol. The molecule has 6 aromatic rings. The van der Waals surface area contributed by atoms with Crippen molar-refractivity contribution in [1.29, 1.82) is 0 Å². The molecule has 2 amide bonds. The van der Waals surface area contributed by atoms with Gasteiger partial charge in [0.25, 0.3) is 0 Å². The van der Waals surface area contributed by atoms with Gasteiger partial charge in [-0.15, -0.1) is 0 Å². The van der Waals surface area contributed by atoms with Crippen molar-refractivity contribution in [3.63, 3.8) is 0 Å². The number of phenolic OH excluding ortho intramolecular Hbond substituents is 1. The smallest absolute Gasteiger partial charge is 0.411 e. The zero-order chi connectivity index (χ0) is 44.1. The Morgan fingerprint density at radius 2 is 1.49 bits per heavy atom. The van der Waals surface area contributed by atoms with Crippen molar-refractivity contribution in [2.45, 2.75) is 76.4 Å². The second-order valence-electron chi connectivity index (χ2n) is 16.4. The van der Waals surface area contributed by atoms with E-state index in [0.29, 0.717) is 80.1 Å². The number of hydrogen-bond acceptors (Lipinski definition) is 8. The number of para-hydroxylation sites is 1. The molecule has 0 unspecified atom stereocenters. The molecular formula is C52H56N4O7. The van der Waals surface area contributed by atoms with Crippen molar-refractivity contribution in [2.24, 2.45) is 0 Å². The summed E-state index contributed by atoms with van der Waals surface area (Å²) in [7, 11) is 1.79. The van der Waals surface area contributed by atoms with E-state index < -0.39 is 12.2 Å². The van der Waals surface area contributed by atoms with Gasteiger partial charge in [0, 0.05) is 68.6 Å². The number of hydrogen-bond donors (Lipinski definition) is 4. The number of likely N-dealkylation sites (tertiary alicyclic amines) is 1. The number of aliphatic hydroxyl groups excluding tert-OH is 1. The number of anilines is 2. The molecule has 11 heteroatoms. The van der Waals surface area contributed by atoms with Crippen LogP contribution < -0.4 is 15.8 Å². The zero-order valence-electron chi connectivity index (χ0n) is 35.8. The number of ether oxygens (including phenoxy) is 1. The monoisotopic (exact) mass is 848 g/mol. The van der Waals surface area contributed by atoms with Crippen molar-refractivity contribution < 1.29 is 29.3 Å². The SMILES string of the molecule is CN(C(=O)CCN1CCC(OC(=O)Nc2ccccc2-c2ccccc2)CC1)c1ccc(CCC(=O)CCc2cccc(CCC[C@H](O)c3ccc(O)c4[nH]c(=O)ccc34)c2)cc1. The molecule has 63 heavy (non-hydrogen) atoms. The van der Waals surface area contributed by atoms with Gasteiger partial charge in [0.2, 0.25) is 11.5 Å². The average Bonchev–Trinajstić information content (AvgIpc) is 3.30. The summed E-state index contributed by atoms with van der Waals surface area (Å²) in [6.07, 6.45) is 4.62. The number of aromatic amines is 1. The fourth-order valence-corrected chi connectivity index (χ4v) is 8.29. The van der Waals surface area contributed by atoms with Gasteiger partial charge in [0.05, 0.1) is 17.3 Å². The zero-order valence-corrected chi connectivity index (χ0v) is 35.8. The van der Waals surface area contributed by atoms with Crippen molar-refractivity contribution in [2.75, 3.05) is 36.9 Å². The van der Waals surface area contributed by atoms with Crippen LogP contribution in [0.15, 0.2) is 132 Å². The first-order chi connectivity index (χ1) is 30.6. The number of amides is 2. The molecule has 1 atom stereocenters. The third-order valence-electron chi connectivity index (χ3n) is 12.0. The lowest BCUT2D eigenvalue weighted by Crippen LogP contribution is -2.40. The molecule has 0 radical (unpaired) electrons. The summed E-state index contributed by atoms with van der Waals surface area (Å²) in [5.74, 6) is 0.194. The third kappa shape index (κ3) is 12.3. The normalized spacial score (nSPS) is 13.7. The molecule has 326 valence electrons. The van der Waals surface area contributed by atoms with E-state index in [0.717, 1.165) is 59.4 Å². The number of aromatic hydroxyl groups is 1. The lowest BCUT2D eigenvalue weighted by Gasteiger charge is -2.31. The highest BCUT2D eigenvalue weighted by Gasteiger charge is 2.24. The number of benzene rings is 5.